The molecule has 72 valence electrons. The van der Waals surface area contributed by atoms with E-state index in [1.807, 2.05) is 6.07 Å². The van der Waals surface area contributed by atoms with Crippen molar-refractivity contribution in [2.75, 3.05) is 0 Å². The Labute approximate surface area is 86.5 Å². The molecular weight excluding hydrogens is 202 g/mol. The molecular formula is C10H8ClNO2. The minimum Gasteiger partial charge on any atom is -0.480 e. The van der Waals surface area contributed by atoms with Crippen LogP contribution in [0.15, 0.2) is 24.3 Å². The number of rotatable bonds is 3. The molecule has 3 nitrogen and oxygen atoms in total. The highest BCUT2D eigenvalue weighted by Gasteiger charge is 2.13. The molecule has 1 N–H and O–H groups in total. The zero-order valence-electron chi connectivity index (χ0n) is 7.27. The number of benzene rings is 1. The summed E-state index contributed by atoms with van der Waals surface area (Å²) in [5.74, 6) is -1.03. The van der Waals surface area contributed by atoms with Crippen LogP contribution in [0.25, 0.3) is 0 Å². The average molecular weight is 210 g/mol. The maximum atomic E-state index is 10.4. The van der Waals surface area contributed by atoms with Gasteiger partial charge in [0.2, 0.25) is 0 Å². The molecule has 1 aromatic carbocycles. The van der Waals surface area contributed by atoms with Crippen LogP contribution in [0.5, 0.6) is 0 Å². The summed E-state index contributed by atoms with van der Waals surface area (Å²) in [6, 6.07) is 8.67. The number of aliphatic carboxylic acids is 1. The second-order valence-electron chi connectivity index (χ2n) is 2.82. The van der Waals surface area contributed by atoms with Crippen LogP contribution < -0.4 is 0 Å². The Morgan fingerprint density at radius 3 is 2.50 bits per heavy atom. The van der Waals surface area contributed by atoms with Crippen LogP contribution in [0.3, 0.4) is 0 Å². The summed E-state index contributed by atoms with van der Waals surface area (Å²) in [7, 11) is 0. The molecule has 0 saturated heterocycles. The highest BCUT2D eigenvalue weighted by molar-refractivity contribution is 6.29. The Kier molecular flexibility index (Phi) is 3.49. The molecule has 0 aromatic heterocycles. The van der Waals surface area contributed by atoms with Crippen LogP contribution in [0.4, 0.5) is 0 Å². The molecule has 1 rings (SSSR count). The van der Waals surface area contributed by atoms with Crippen molar-refractivity contribution < 1.29 is 9.90 Å². The summed E-state index contributed by atoms with van der Waals surface area (Å²) in [6.45, 7) is 0. The summed E-state index contributed by atoms with van der Waals surface area (Å²) in [6.07, 6.45) is 0.266. The highest BCUT2D eigenvalue weighted by Crippen LogP contribution is 2.09. The van der Waals surface area contributed by atoms with Gasteiger partial charge in [-0.15, -0.1) is 11.6 Å². The second kappa shape index (κ2) is 4.64. The molecule has 0 fully saturated rings. The molecule has 0 aliphatic carbocycles. The molecule has 0 amide bonds. The number of hydrogen-bond acceptors (Lipinski definition) is 2. The summed E-state index contributed by atoms with van der Waals surface area (Å²) >= 11 is 5.56. The van der Waals surface area contributed by atoms with Crippen molar-refractivity contribution in [1.29, 1.82) is 5.26 Å². The lowest BCUT2D eigenvalue weighted by atomic mass is 10.1. The first-order valence-electron chi connectivity index (χ1n) is 3.99. The van der Waals surface area contributed by atoms with Crippen molar-refractivity contribution in [3.05, 3.63) is 35.4 Å². The van der Waals surface area contributed by atoms with E-state index in [4.69, 9.17) is 22.0 Å². The first kappa shape index (κ1) is 10.6. The molecule has 1 aromatic rings. The summed E-state index contributed by atoms with van der Waals surface area (Å²) in [5, 5.41) is 16.2. The zero-order chi connectivity index (χ0) is 10.6. The Morgan fingerprint density at radius 1 is 1.50 bits per heavy atom. The van der Waals surface area contributed by atoms with Crippen molar-refractivity contribution in [3.8, 4) is 6.07 Å². The standard InChI is InChI=1S/C10H8ClNO2/c11-9(10(13)14)5-7-1-3-8(6-12)4-2-7/h1-4,9H,5H2,(H,13,14)/t9-/m0/s1. The van der Waals surface area contributed by atoms with E-state index in [0.717, 1.165) is 5.56 Å². The smallest absolute Gasteiger partial charge is 0.321 e. The number of nitriles is 1. The molecule has 0 saturated carbocycles. The molecule has 1 atom stereocenters. The van der Waals surface area contributed by atoms with E-state index in [2.05, 4.69) is 0 Å². The third-order valence-corrected chi connectivity index (χ3v) is 2.11. The molecule has 0 unspecified atom stereocenters. The van der Waals surface area contributed by atoms with Gasteiger partial charge in [0.1, 0.15) is 5.38 Å². The number of hydrogen-bond donors (Lipinski definition) is 1. The summed E-state index contributed by atoms with van der Waals surface area (Å²) < 4.78 is 0. The van der Waals surface area contributed by atoms with Gasteiger partial charge in [-0.3, -0.25) is 4.79 Å². The maximum Gasteiger partial charge on any atom is 0.321 e. The van der Waals surface area contributed by atoms with Crippen LogP contribution in [-0.4, -0.2) is 16.5 Å². The third kappa shape index (κ3) is 2.75. The number of carbonyl (C=O) groups is 1. The van der Waals surface area contributed by atoms with Crippen molar-refractivity contribution in [1.82, 2.24) is 0 Å². The van der Waals surface area contributed by atoms with Gasteiger partial charge >= 0.3 is 5.97 Å². The van der Waals surface area contributed by atoms with Gasteiger partial charge in [0.15, 0.2) is 0 Å². The van der Waals surface area contributed by atoms with Gasteiger partial charge in [-0.25, -0.2) is 0 Å². The number of alkyl halides is 1. The van der Waals surface area contributed by atoms with Gasteiger partial charge in [0, 0.05) is 0 Å². The topological polar surface area (TPSA) is 61.1 Å². The van der Waals surface area contributed by atoms with Crippen LogP contribution >= 0.6 is 11.6 Å². The van der Waals surface area contributed by atoms with Crippen LogP contribution in [0.1, 0.15) is 11.1 Å². The fourth-order valence-corrected chi connectivity index (χ4v) is 1.19. The molecule has 0 bridgehead atoms. The largest absolute Gasteiger partial charge is 0.480 e. The van der Waals surface area contributed by atoms with Gasteiger partial charge in [-0.1, -0.05) is 12.1 Å². The molecule has 4 heteroatoms. The Balaban J connectivity index is 2.70. The predicted octanol–water partition coefficient (Wildman–Crippen LogP) is 1.79. The van der Waals surface area contributed by atoms with Crippen LogP contribution in [0.2, 0.25) is 0 Å². The van der Waals surface area contributed by atoms with Gasteiger partial charge < -0.3 is 5.11 Å². The van der Waals surface area contributed by atoms with E-state index in [1.165, 1.54) is 0 Å². The Bertz CT molecular complexity index is 367. The number of carboxylic acid groups (broad SMARTS) is 1. The van der Waals surface area contributed by atoms with Gasteiger partial charge in [-0.05, 0) is 24.1 Å². The van der Waals surface area contributed by atoms with E-state index in [-0.39, 0.29) is 6.42 Å². The number of nitrogens with zero attached hydrogens (tertiary/aromatic N) is 1. The lowest BCUT2D eigenvalue weighted by Crippen LogP contribution is -2.15. The monoisotopic (exact) mass is 209 g/mol. The number of carboxylic acids is 1. The maximum absolute atomic E-state index is 10.4. The van der Waals surface area contributed by atoms with E-state index in [1.54, 1.807) is 24.3 Å². The Hall–Kier alpha value is -1.53. The van der Waals surface area contributed by atoms with Crippen molar-refractivity contribution in [2.45, 2.75) is 11.8 Å². The third-order valence-electron chi connectivity index (χ3n) is 1.77. The summed E-state index contributed by atoms with van der Waals surface area (Å²) in [4.78, 5) is 10.4. The van der Waals surface area contributed by atoms with E-state index in [0.29, 0.717) is 5.56 Å². The quantitative estimate of drug-likeness (QED) is 0.773. The average Bonchev–Trinajstić information content (AvgIpc) is 2.19. The highest BCUT2D eigenvalue weighted by atomic mass is 35.5. The zero-order valence-corrected chi connectivity index (χ0v) is 8.03. The van der Waals surface area contributed by atoms with E-state index < -0.39 is 11.3 Å². The van der Waals surface area contributed by atoms with Crippen molar-refractivity contribution >= 4 is 17.6 Å². The predicted molar refractivity (Wildman–Crippen MR) is 52.1 cm³/mol. The molecule has 14 heavy (non-hydrogen) atoms. The van der Waals surface area contributed by atoms with Crippen LogP contribution in [-0.2, 0) is 11.2 Å². The van der Waals surface area contributed by atoms with Crippen molar-refractivity contribution in [2.24, 2.45) is 0 Å². The van der Waals surface area contributed by atoms with Crippen molar-refractivity contribution in [3.63, 3.8) is 0 Å². The molecule has 0 spiro atoms. The minimum absolute atomic E-state index is 0.266. The first-order valence-corrected chi connectivity index (χ1v) is 4.43. The fourth-order valence-electron chi connectivity index (χ4n) is 1.01. The molecule has 0 radical (unpaired) electrons. The molecule has 0 aliphatic heterocycles. The number of halogens is 1. The molecule has 0 heterocycles. The van der Waals surface area contributed by atoms with E-state index in [9.17, 15) is 4.79 Å². The lowest BCUT2D eigenvalue weighted by Gasteiger charge is -2.03. The first-order chi connectivity index (χ1) is 6.63. The minimum atomic E-state index is -1.03. The van der Waals surface area contributed by atoms with Gasteiger partial charge in [0.25, 0.3) is 0 Å². The SMILES string of the molecule is N#Cc1ccc(C[C@H](Cl)C(=O)O)cc1. The Morgan fingerprint density at radius 2 is 2.07 bits per heavy atom. The van der Waals surface area contributed by atoms with E-state index >= 15 is 0 Å². The molecule has 0 aliphatic rings. The van der Waals surface area contributed by atoms with Crippen LogP contribution in [0, 0.1) is 11.3 Å². The summed E-state index contributed by atoms with van der Waals surface area (Å²) in [5.41, 5.74) is 1.36. The fraction of sp³-hybridized carbons (Fsp3) is 0.200. The lowest BCUT2D eigenvalue weighted by molar-refractivity contribution is -0.136. The normalized spacial score (nSPS) is 11.7. The second-order valence-corrected chi connectivity index (χ2v) is 3.35. The van der Waals surface area contributed by atoms with Gasteiger partial charge in [0.05, 0.1) is 11.6 Å². The van der Waals surface area contributed by atoms with Gasteiger partial charge in [-0.2, -0.15) is 5.26 Å².